The van der Waals surface area contributed by atoms with Crippen molar-refractivity contribution in [3.8, 4) is 0 Å². The lowest BCUT2D eigenvalue weighted by Gasteiger charge is -2.63. The summed E-state index contributed by atoms with van der Waals surface area (Å²) in [5.41, 5.74) is 6.70. The van der Waals surface area contributed by atoms with E-state index in [9.17, 15) is 9.90 Å². The summed E-state index contributed by atoms with van der Waals surface area (Å²) >= 11 is 0. The van der Waals surface area contributed by atoms with E-state index in [4.69, 9.17) is 10.2 Å². The molecule has 1 heterocycles. The zero-order chi connectivity index (χ0) is 19.7. The normalized spacial score (nSPS) is 50.5. The predicted octanol–water partition coefficient (Wildman–Crippen LogP) is 4.21. The van der Waals surface area contributed by atoms with Crippen LogP contribution in [0.2, 0.25) is 0 Å². The minimum absolute atomic E-state index is 0.137. The van der Waals surface area contributed by atoms with Crippen LogP contribution in [0.5, 0.6) is 0 Å². The van der Waals surface area contributed by atoms with Gasteiger partial charge in [0.15, 0.2) is 0 Å². The van der Waals surface area contributed by atoms with E-state index >= 15 is 0 Å². The fourth-order valence-corrected chi connectivity index (χ4v) is 8.36. The van der Waals surface area contributed by atoms with Crippen molar-refractivity contribution in [3.05, 3.63) is 34.4 Å². The highest BCUT2D eigenvalue weighted by Crippen LogP contribution is 2.70. The molecule has 0 radical (unpaired) electrons. The largest absolute Gasteiger partial charge is 0.431 e. The van der Waals surface area contributed by atoms with Crippen LogP contribution in [0, 0.1) is 28.6 Å². The Morgan fingerprint density at radius 3 is 2.61 bits per heavy atom. The summed E-state index contributed by atoms with van der Waals surface area (Å²) in [6, 6.07) is 3.81. The molecule has 0 amide bonds. The van der Waals surface area contributed by atoms with E-state index in [1.165, 1.54) is 31.7 Å². The molecule has 4 aliphatic carbocycles. The number of nitrogens with two attached hydrogens (primary N) is 1. The first-order valence-corrected chi connectivity index (χ1v) is 11.3. The van der Waals surface area contributed by atoms with Crippen molar-refractivity contribution >= 4 is 0 Å². The predicted molar refractivity (Wildman–Crippen MR) is 109 cm³/mol. The second-order valence-electron chi connectivity index (χ2n) is 10.9. The van der Waals surface area contributed by atoms with E-state index in [2.05, 4.69) is 13.8 Å². The van der Waals surface area contributed by atoms with Gasteiger partial charge in [0.2, 0.25) is 0 Å². The highest BCUT2D eigenvalue weighted by atomic mass is 16.4. The van der Waals surface area contributed by atoms with Gasteiger partial charge in [-0.05, 0) is 98.5 Å². The van der Waals surface area contributed by atoms with Gasteiger partial charge < -0.3 is 15.3 Å². The average Bonchev–Trinajstić information content (AvgIpc) is 2.95. The minimum Gasteiger partial charge on any atom is -0.431 e. The molecule has 8 atom stereocenters. The summed E-state index contributed by atoms with van der Waals surface area (Å²) in [5.74, 6) is 2.01. The average molecular weight is 386 g/mol. The van der Waals surface area contributed by atoms with E-state index < -0.39 is 5.60 Å². The van der Waals surface area contributed by atoms with Gasteiger partial charge in [-0.3, -0.25) is 0 Å². The van der Waals surface area contributed by atoms with Crippen LogP contribution in [-0.4, -0.2) is 16.7 Å². The summed E-state index contributed by atoms with van der Waals surface area (Å²) < 4.78 is 5.18. The van der Waals surface area contributed by atoms with Gasteiger partial charge in [-0.25, -0.2) is 4.79 Å². The van der Waals surface area contributed by atoms with Gasteiger partial charge in [0.05, 0.1) is 11.9 Å². The van der Waals surface area contributed by atoms with Crippen molar-refractivity contribution in [2.45, 2.75) is 89.2 Å². The number of hydrogen-bond donors (Lipinski definition) is 2. The van der Waals surface area contributed by atoms with Gasteiger partial charge in [0.1, 0.15) is 0 Å². The fourth-order valence-electron chi connectivity index (χ4n) is 8.36. The SMILES string of the molecule is C[C@]12CC[C@@H](N)C[C@H]1CC[C@@H]1[C@@H]2CC[C@]2(C)[C@@H](c3ccc(=O)oc3)CC[C@]12O. The highest BCUT2D eigenvalue weighted by Gasteiger charge is 2.67. The molecule has 0 spiro atoms. The maximum absolute atomic E-state index is 12.2. The van der Waals surface area contributed by atoms with Crippen LogP contribution in [-0.2, 0) is 0 Å². The van der Waals surface area contributed by atoms with Gasteiger partial charge in [-0.2, -0.15) is 0 Å². The third kappa shape index (κ3) is 2.40. The molecule has 1 aromatic heterocycles. The lowest BCUT2D eigenvalue weighted by molar-refractivity contribution is -0.201. The molecule has 154 valence electrons. The number of rotatable bonds is 1. The fraction of sp³-hybridized carbons (Fsp3) is 0.792. The topological polar surface area (TPSA) is 76.5 Å². The van der Waals surface area contributed by atoms with Crippen molar-refractivity contribution in [1.82, 2.24) is 0 Å². The molecule has 0 saturated heterocycles. The maximum atomic E-state index is 12.2. The molecule has 4 nitrogen and oxygen atoms in total. The van der Waals surface area contributed by atoms with Crippen LogP contribution in [0.4, 0.5) is 0 Å². The second-order valence-corrected chi connectivity index (χ2v) is 10.9. The molecule has 4 heteroatoms. The molecule has 3 N–H and O–H groups in total. The van der Waals surface area contributed by atoms with Crippen molar-refractivity contribution in [2.75, 3.05) is 0 Å². The smallest absolute Gasteiger partial charge is 0.335 e. The van der Waals surface area contributed by atoms with Gasteiger partial charge >= 0.3 is 5.63 Å². The first kappa shape index (κ1) is 18.9. The van der Waals surface area contributed by atoms with Gasteiger partial charge in [-0.15, -0.1) is 0 Å². The Hall–Kier alpha value is -1.13. The summed E-state index contributed by atoms with van der Waals surface area (Å²) in [7, 11) is 0. The second kappa shape index (κ2) is 6.18. The molecule has 0 bridgehead atoms. The molecule has 4 fully saturated rings. The first-order chi connectivity index (χ1) is 13.3. The van der Waals surface area contributed by atoms with Crippen LogP contribution in [0.3, 0.4) is 0 Å². The number of aliphatic hydroxyl groups is 1. The number of hydrogen-bond acceptors (Lipinski definition) is 4. The van der Waals surface area contributed by atoms with Crippen molar-refractivity contribution in [2.24, 2.45) is 34.3 Å². The Balaban J connectivity index is 1.48. The van der Waals surface area contributed by atoms with Gasteiger partial charge in [0.25, 0.3) is 0 Å². The minimum atomic E-state index is -0.607. The lowest BCUT2D eigenvalue weighted by Crippen LogP contribution is -2.62. The Morgan fingerprint density at radius 1 is 1.04 bits per heavy atom. The highest BCUT2D eigenvalue weighted by molar-refractivity contribution is 5.27. The molecule has 5 rings (SSSR count). The quantitative estimate of drug-likeness (QED) is 0.759. The summed E-state index contributed by atoms with van der Waals surface area (Å²) in [5, 5.41) is 12.2. The third-order valence-electron chi connectivity index (χ3n) is 10.0. The Kier molecular flexibility index (Phi) is 4.17. The molecular formula is C24H35NO3. The van der Waals surface area contributed by atoms with Crippen LogP contribution in [0.1, 0.15) is 83.1 Å². The van der Waals surface area contributed by atoms with Crippen LogP contribution < -0.4 is 11.4 Å². The molecule has 28 heavy (non-hydrogen) atoms. The third-order valence-corrected chi connectivity index (χ3v) is 10.0. The molecule has 4 saturated carbocycles. The molecule has 0 aromatic carbocycles. The van der Waals surface area contributed by atoms with Crippen LogP contribution in [0.25, 0.3) is 0 Å². The van der Waals surface area contributed by atoms with Crippen molar-refractivity contribution in [3.63, 3.8) is 0 Å². The maximum Gasteiger partial charge on any atom is 0.335 e. The van der Waals surface area contributed by atoms with E-state index in [1.54, 1.807) is 6.26 Å². The number of fused-ring (bicyclic) bond motifs is 5. The summed E-state index contributed by atoms with van der Waals surface area (Å²) in [4.78, 5) is 11.4. The van der Waals surface area contributed by atoms with Crippen LogP contribution >= 0.6 is 0 Å². The van der Waals surface area contributed by atoms with Gasteiger partial charge in [-0.1, -0.05) is 13.8 Å². The Bertz CT molecular complexity index is 800. The van der Waals surface area contributed by atoms with Gasteiger partial charge in [0, 0.05) is 17.5 Å². The van der Waals surface area contributed by atoms with Crippen molar-refractivity contribution < 1.29 is 9.52 Å². The van der Waals surface area contributed by atoms with Crippen LogP contribution in [0.15, 0.2) is 27.6 Å². The van der Waals surface area contributed by atoms with Crippen molar-refractivity contribution in [1.29, 1.82) is 0 Å². The zero-order valence-corrected chi connectivity index (χ0v) is 17.3. The summed E-state index contributed by atoms with van der Waals surface area (Å²) in [6.07, 6.45) is 11.6. The molecule has 0 aliphatic heterocycles. The monoisotopic (exact) mass is 385 g/mol. The van der Waals surface area contributed by atoms with E-state index in [0.717, 1.165) is 43.6 Å². The Morgan fingerprint density at radius 2 is 1.86 bits per heavy atom. The van der Waals surface area contributed by atoms with E-state index in [0.29, 0.717) is 23.3 Å². The standard InChI is InChI=1S/C24H35NO3/c1-22-10-7-17(25)13-16(22)4-5-20-19(22)8-11-23(2)18(9-12-24(20,23)27)15-3-6-21(26)28-14-15/h3,6,14,16-20,27H,4-5,7-13,25H2,1-2H3/t16-,17-,18-,19+,20-,22+,23-,24+/m1/s1. The Labute approximate surface area is 167 Å². The lowest BCUT2D eigenvalue weighted by atomic mass is 9.43. The first-order valence-electron chi connectivity index (χ1n) is 11.3. The molecule has 4 aliphatic rings. The molecular weight excluding hydrogens is 350 g/mol. The zero-order valence-electron chi connectivity index (χ0n) is 17.3. The van der Waals surface area contributed by atoms with E-state index in [1.807, 2.05) is 6.07 Å². The molecule has 0 unspecified atom stereocenters. The molecule has 1 aromatic rings. The summed E-state index contributed by atoms with van der Waals surface area (Å²) in [6.45, 7) is 4.81. The van der Waals surface area contributed by atoms with E-state index in [-0.39, 0.29) is 17.0 Å².